The fourth-order valence-electron chi connectivity index (χ4n) is 4.56. The minimum Gasteiger partial charge on any atom is -0.398 e. The van der Waals surface area contributed by atoms with Crippen molar-refractivity contribution in [1.29, 1.82) is 0 Å². The Bertz CT molecular complexity index is 1500. The molecule has 5 rings (SSSR count). The second-order valence-electron chi connectivity index (χ2n) is 9.54. The molecule has 0 aliphatic heterocycles. The predicted molar refractivity (Wildman–Crippen MR) is 139 cm³/mol. The molecule has 0 saturated heterocycles. The van der Waals surface area contributed by atoms with E-state index in [1.54, 1.807) is 10.6 Å². The first-order valence-electron chi connectivity index (χ1n) is 11.0. The number of rotatable bonds is 3. The molecule has 2 aromatic carbocycles. The molecule has 1 aliphatic carbocycles. The SMILES string of the molecule is Cc1c(N)cccc1-n1c2c(cc(-c3nc(-c4ccc(Cl)cc4)cs3)c1=O)C(=O)CC(C)(C)C2. The molecule has 0 amide bonds. The summed E-state index contributed by atoms with van der Waals surface area (Å²) in [7, 11) is 0. The van der Waals surface area contributed by atoms with Crippen LogP contribution >= 0.6 is 22.9 Å². The second kappa shape index (κ2) is 8.22. The summed E-state index contributed by atoms with van der Waals surface area (Å²) in [6.07, 6.45) is 1.05. The molecular weight excluding hydrogens is 466 g/mol. The third-order valence-corrected chi connectivity index (χ3v) is 7.48. The number of carbonyl (C=O) groups excluding carboxylic acids is 1. The maximum absolute atomic E-state index is 14.0. The van der Waals surface area contributed by atoms with Crippen LogP contribution in [0.25, 0.3) is 27.5 Å². The number of Topliss-reactive ketones (excluding diaryl/α,β-unsaturated/α-hetero) is 1. The number of aromatic nitrogens is 2. The van der Waals surface area contributed by atoms with Crippen LogP contribution in [0.2, 0.25) is 5.02 Å². The van der Waals surface area contributed by atoms with Gasteiger partial charge in [-0.15, -0.1) is 11.3 Å². The van der Waals surface area contributed by atoms with Crippen LogP contribution in [0.1, 0.15) is 41.9 Å². The molecule has 0 radical (unpaired) electrons. The van der Waals surface area contributed by atoms with Gasteiger partial charge in [0.2, 0.25) is 0 Å². The minimum absolute atomic E-state index is 0.0392. The van der Waals surface area contributed by atoms with E-state index in [1.165, 1.54) is 11.3 Å². The number of halogens is 1. The maximum Gasteiger partial charge on any atom is 0.265 e. The largest absolute Gasteiger partial charge is 0.398 e. The van der Waals surface area contributed by atoms with Gasteiger partial charge in [-0.1, -0.05) is 43.6 Å². The molecule has 34 heavy (non-hydrogen) atoms. The third kappa shape index (κ3) is 3.87. The Morgan fingerprint density at radius 3 is 2.53 bits per heavy atom. The highest BCUT2D eigenvalue weighted by Crippen LogP contribution is 2.38. The van der Waals surface area contributed by atoms with E-state index >= 15 is 0 Å². The number of hydrogen-bond donors (Lipinski definition) is 1. The molecule has 2 heterocycles. The van der Waals surface area contributed by atoms with E-state index in [9.17, 15) is 9.59 Å². The topological polar surface area (TPSA) is 78.0 Å². The number of thiazole rings is 1. The average Bonchev–Trinajstić information content (AvgIpc) is 3.26. The molecule has 172 valence electrons. The summed E-state index contributed by atoms with van der Waals surface area (Å²) in [6.45, 7) is 6.01. The number of benzene rings is 2. The molecule has 0 fully saturated rings. The Morgan fingerprint density at radius 2 is 1.79 bits per heavy atom. The first kappa shape index (κ1) is 22.6. The van der Waals surface area contributed by atoms with Crippen molar-refractivity contribution < 1.29 is 4.79 Å². The first-order chi connectivity index (χ1) is 16.1. The van der Waals surface area contributed by atoms with Crippen LogP contribution in [0.3, 0.4) is 0 Å². The lowest BCUT2D eigenvalue weighted by molar-refractivity contribution is 0.0909. The van der Waals surface area contributed by atoms with E-state index in [0.29, 0.717) is 45.4 Å². The molecule has 4 aromatic rings. The Balaban J connectivity index is 1.75. The van der Waals surface area contributed by atoms with Crippen LogP contribution in [0.15, 0.2) is 58.7 Å². The highest BCUT2D eigenvalue weighted by Gasteiger charge is 2.35. The number of fused-ring (bicyclic) bond motifs is 1. The van der Waals surface area contributed by atoms with Gasteiger partial charge >= 0.3 is 0 Å². The highest BCUT2D eigenvalue weighted by atomic mass is 35.5. The van der Waals surface area contributed by atoms with E-state index in [-0.39, 0.29) is 16.8 Å². The summed E-state index contributed by atoms with van der Waals surface area (Å²) in [5.74, 6) is 0.0392. The number of anilines is 1. The van der Waals surface area contributed by atoms with Crippen LogP contribution in [0, 0.1) is 12.3 Å². The quantitative estimate of drug-likeness (QED) is 0.341. The van der Waals surface area contributed by atoms with Crippen molar-refractivity contribution in [3.05, 3.63) is 86.1 Å². The molecule has 0 atom stereocenters. The number of ketones is 1. The predicted octanol–water partition coefficient (Wildman–Crippen LogP) is 6.33. The second-order valence-corrected chi connectivity index (χ2v) is 10.8. The summed E-state index contributed by atoms with van der Waals surface area (Å²) in [5.41, 5.74) is 11.3. The number of pyridine rings is 1. The number of nitrogens with two attached hydrogens (primary N) is 1. The summed E-state index contributed by atoms with van der Waals surface area (Å²) in [6, 6.07) is 14.7. The molecule has 2 aromatic heterocycles. The smallest absolute Gasteiger partial charge is 0.265 e. The Morgan fingerprint density at radius 1 is 1.06 bits per heavy atom. The van der Waals surface area contributed by atoms with E-state index < -0.39 is 0 Å². The summed E-state index contributed by atoms with van der Waals surface area (Å²) >= 11 is 7.40. The molecule has 2 N–H and O–H groups in total. The van der Waals surface area contributed by atoms with Crippen molar-refractivity contribution >= 4 is 34.4 Å². The summed E-state index contributed by atoms with van der Waals surface area (Å²) in [5, 5.41) is 3.14. The molecule has 0 spiro atoms. The van der Waals surface area contributed by atoms with Crippen LogP contribution in [-0.2, 0) is 6.42 Å². The highest BCUT2D eigenvalue weighted by molar-refractivity contribution is 7.13. The molecule has 7 heteroatoms. The van der Waals surface area contributed by atoms with Gasteiger partial charge in [-0.05, 0) is 54.7 Å². The Labute approximate surface area is 206 Å². The number of carbonyl (C=O) groups is 1. The lowest BCUT2D eigenvalue weighted by Crippen LogP contribution is -2.35. The van der Waals surface area contributed by atoms with Gasteiger partial charge in [0.1, 0.15) is 5.01 Å². The first-order valence-corrected chi connectivity index (χ1v) is 12.3. The number of nitrogen functional groups attached to an aromatic ring is 1. The zero-order valence-corrected chi connectivity index (χ0v) is 20.8. The molecule has 5 nitrogen and oxygen atoms in total. The van der Waals surface area contributed by atoms with Gasteiger partial charge in [-0.25, -0.2) is 4.98 Å². The normalized spacial score (nSPS) is 14.8. The third-order valence-electron chi connectivity index (χ3n) is 6.35. The minimum atomic E-state index is -0.239. The maximum atomic E-state index is 14.0. The molecule has 0 saturated carbocycles. The van der Waals surface area contributed by atoms with Crippen molar-refractivity contribution in [2.24, 2.45) is 5.41 Å². The lowest BCUT2D eigenvalue weighted by Gasteiger charge is -2.32. The molecule has 0 unspecified atom stereocenters. The summed E-state index contributed by atoms with van der Waals surface area (Å²) < 4.78 is 1.68. The lowest BCUT2D eigenvalue weighted by atomic mass is 9.75. The number of nitrogens with zero attached hydrogens (tertiary/aromatic N) is 2. The van der Waals surface area contributed by atoms with Crippen molar-refractivity contribution in [3.8, 4) is 27.5 Å². The van der Waals surface area contributed by atoms with Crippen molar-refractivity contribution in [3.63, 3.8) is 0 Å². The number of hydrogen-bond acceptors (Lipinski definition) is 5. The van der Waals surface area contributed by atoms with Gasteiger partial charge in [0.15, 0.2) is 5.78 Å². The molecule has 0 bridgehead atoms. The van der Waals surface area contributed by atoms with Crippen molar-refractivity contribution in [2.45, 2.75) is 33.6 Å². The molecular formula is C27H24ClN3O2S. The van der Waals surface area contributed by atoms with Gasteiger partial charge in [0.25, 0.3) is 5.56 Å². The fourth-order valence-corrected chi connectivity index (χ4v) is 5.52. The van der Waals surface area contributed by atoms with Gasteiger partial charge in [-0.2, -0.15) is 0 Å². The Kier molecular flexibility index (Phi) is 5.46. The van der Waals surface area contributed by atoms with Crippen molar-refractivity contribution in [1.82, 2.24) is 9.55 Å². The zero-order chi connectivity index (χ0) is 24.2. The van der Waals surface area contributed by atoms with Crippen LogP contribution < -0.4 is 11.3 Å². The van der Waals surface area contributed by atoms with Crippen LogP contribution in [0.4, 0.5) is 5.69 Å². The van der Waals surface area contributed by atoms with Gasteiger partial charge < -0.3 is 5.73 Å². The van der Waals surface area contributed by atoms with Gasteiger partial charge in [0, 0.05) is 39.3 Å². The average molecular weight is 490 g/mol. The molecule has 1 aliphatic rings. The van der Waals surface area contributed by atoms with E-state index in [1.807, 2.05) is 54.8 Å². The van der Waals surface area contributed by atoms with Crippen LogP contribution in [-0.4, -0.2) is 15.3 Å². The van der Waals surface area contributed by atoms with Crippen LogP contribution in [0.5, 0.6) is 0 Å². The van der Waals surface area contributed by atoms with Gasteiger partial charge in [-0.3, -0.25) is 14.2 Å². The fraction of sp³-hybridized carbons (Fsp3) is 0.222. The summed E-state index contributed by atoms with van der Waals surface area (Å²) in [4.78, 5) is 31.9. The monoisotopic (exact) mass is 489 g/mol. The Hall–Kier alpha value is -3.22. The van der Waals surface area contributed by atoms with Gasteiger partial charge in [0.05, 0.1) is 16.9 Å². The van der Waals surface area contributed by atoms with Crippen molar-refractivity contribution in [2.75, 3.05) is 5.73 Å². The van der Waals surface area contributed by atoms with E-state index in [2.05, 4.69) is 13.8 Å². The van der Waals surface area contributed by atoms with E-state index in [4.69, 9.17) is 22.3 Å². The zero-order valence-electron chi connectivity index (χ0n) is 19.2. The van der Waals surface area contributed by atoms with E-state index in [0.717, 1.165) is 22.5 Å². The standard InChI is InChI=1S/C27H24ClN3O2S/c1-15-20(29)5-4-6-22(15)31-23-12-27(2,3)13-24(32)18(23)11-19(26(31)33)25-30-21(14-34-25)16-7-9-17(28)10-8-16/h4-11,14H,12-13,29H2,1-3H3.